The van der Waals surface area contributed by atoms with Crippen LogP contribution in [0.15, 0.2) is 12.1 Å². The Kier molecular flexibility index (Phi) is 6.02. The second-order valence-corrected chi connectivity index (χ2v) is 4.69. The third-order valence-corrected chi connectivity index (χ3v) is 3.45. The van der Waals surface area contributed by atoms with E-state index < -0.39 is 11.6 Å². The molecule has 0 fully saturated rings. The molecule has 0 spiro atoms. The molecule has 18 heavy (non-hydrogen) atoms. The minimum Gasteiger partial charge on any atom is -0.383 e. The van der Waals surface area contributed by atoms with Crippen LogP contribution in [0.4, 0.5) is 14.5 Å². The predicted octanol–water partition coefficient (Wildman–Crippen LogP) is 3.72. The van der Waals surface area contributed by atoms with Gasteiger partial charge in [-0.1, -0.05) is 15.9 Å². The number of hydrogen-bond donors (Lipinski definition) is 0. The number of anilines is 1. The molecule has 0 aliphatic carbocycles. The van der Waals surface area contributed by atoms with Crippen LogP contribution in [-0.2, 0) is 10.1 Å². The highest BCUT2D eigenvalue weighted by molar-refractivity contribution is 9.08. The van der Waals surface area contributed by atoms with E-state index in [4.69, 9.17) is 4.74 Å². The molecule has 0 saturated carbocycles. The Morgan fingerprint density at radius 1 is 1.33 bits per heavy atom. The maximum absolute atomic E-state index is 14.0. The summed E-state index contributed by atoms with van der Waals surface area (Å²) in [7, 11) is 1.57. The number of benzene rings is 1. The van der Waals surface area contributed by atoms with Gasteiger partial charge in [-0.2, -0.15) is 0 Å². The van der Waals surface area contributed by atoms with Crippen molar-refractivity contribution in [1.29, 1.82) is 0 Å². The molecule has 102 valence electrons. The van der Waals surface area contributed by atoms with E-state index in [0.717, 1.165) is 0 Å². The Balaban J connectivity index is 3.13. The van der Waals surface area contributed by atoms with Crippen molar-refractivity contribution in [3.05, 3.63) is 29.3 Å². The second-order valence-electron chi connectivity index (χ2n) is 4.13. The van der Waals surface area contributed by atoms with Gasteiger partial charge in [0.15, 0.2) is 0 Å². The van der Waals surface area contributed by atoms with E-state index in [1.165, 1.54) is 12.1 Å². The Bertz CT molecular complexity index is 378. The highest BCUT2D eigenvalue weighted by Gasteiger charge is 2.21. The Hall–Kier alpha value is -0.680. The van der Waals surface area contributed by atoms with E-state index in [-0.39, 0.29) is 11.7 Å². The maximum atomic E-state index is 14.0. The number of nitrogens with zero attached hydrogens (tertiary/aromatic N) is 1. The largest absolute Gasteiger partial charge is 0.383 e. The van der Waals surface area contributed by atoms with Gasteiger partial charge in [-0.15, -0.1) is 0 Å². The first-order valence-electron chi connectivity index (χ1n) is 5.84. The molecule has 0 aliphatic heterocycles. The summed E-state index contributed by atoms with van der Waals surface area (Å²) in [6.45, 7) is 4.69. The van der Waals surface area contributed by atoms with Gasteiger partial charge in [0.05, 0.1) is 6.61 Å². The standard InChI is InChI=1S/C13H18BrF2NO/c1-4-17(9(2)8-18-3)13-11(15)5-10(7-14)6-12(13)16/h5-6,9H,4,7-8H2,1-3H3. The van der Waals surface area contributed by atoms with Crippen LogP contribution in [0.3, 0.4) is 0 Å². The molecule has 1 rings (SSSR count). The summed E-state index contributed by atoms with van der Waals surface area (Å²) in [6, 6.07) is 2.63. The zero-order valence-corrected chi connectivity index (χ0v) is 12.4. The highest BCUT2D eigenvalue weighted by atomic mass is 79.9. The van der Waals surface area contributed by atoms with Gasteiger partial charge in [0.2, 0.25) is 0 Å². The summed E-state index contributed by atoms with van der Waals surface area (Å²) in [5.41, 5.74) is 0.607. The van der Waals surface area contributed by atoms with Gasteiger partial charge < -0.3 is 9.64 Å². The van der Waals surface area contributed by atoms with E-state index >= 15 is 0 Å². The van der Waals surface area contributed by atoms with Crippen molar-refractivity contribution >= 4 is 21.6 Å². The number of ether oxygens (including phenoxy) is 1. The number of alkyl halides is 1. The minimum absolute atomic E-state index is 0.0201. The fourth-order valence-corrected chi connectivity index (χ4v) is 2.31. The number of methoxy groups -OCH3 is 1. The Labute approximate surface area is 115 Å². The van der Waals surface area contributed by atoms with Gasteiger partial charge >= 0.3 is 0 Å². The smallest absolute Gasteiger partial charge is 0.149 e. The Morgan fingerprint density at radius 3 is 2.28 bits per heavy atom. The third-order valence-electron chi connectivity index (χ3n) is 2.80. The molecule has 0 aromatic heterocycles. The summed E-state index contributed by atoms with van der Waals surface area (Å²) >= 11 is 3.19. The van der Waals surface area contributed by atoms with E-state index in [2.05, 4.69) is 15.9 Å². The van der Waals surface area contributed by atoms with Crippen molar-refractivity contribution in [2.45, 2.75) is 25.2 Å². The summed E-state index contributed by atoms with van der Waals surface area (Å²) in [4.78, 5) is 1.67. The van der Waals surface area contributed by atoms with Crippen molar-refractivity contribution in [2.24, 2.45) is 0 Å². The topological polar surface area (TPSA) is 12.5 Å². The molecule has 1 aromatic carbocycles. The molecule has 0 heterocycles. The van der Waals surface area contributed by atoms with E-state index in [9.17, 15) is 8.78 Å². The van der Waals surface area contributed by atoms with Crippen molar-refractivity contribution < 1.29 is 13.5 Å². The molecule has 0 saturated heterocycles. The fourth-order valence-electron chi connectivity index (χ4n) is 1.99. The van der Waals surface area contributed by atoms with E-state index in [1.807, 2.05) is 13.8 Å². The van der Waals surface area contributed by atoms with Crippen LogP contribution in [-0.4, -0.2) is 26.3 Å². The molecule has 0 bridgehead atoms. The van der Waals surface area contributed by atoms with Gasteiger partial charge in [0, 0.05) is 25.0 Å². The molecule has 0 radical (unpaired) electrons. The summed E-state index contributed by atoms with van der Waals surface area (Å²) < 4.78 is 33.0. The zero-order valence-electron chi connectivity index (χ0n) is 10.8. The first-order valence-corrected chi connectivity index (χ1v) is 6.96. The molecule has 0 amide bonds. The third kappa shape index (κ3) is 3.42. The molecule has 1 aromatic rings. The van der Waals surface area contributed by atoms with Crippen molar-refractivity contribution in [2.75, 3.05) is 25.2 Å². The van der Waals surface area contributed by atoms with Gasteiger partial charge in [0.25, 0.3) is 0 Å². The average Bonchev–Trinajstić information content (AvgIpc) is 2.33. The van der Waals surface area contributed by atoms with Gasteiger partial charge in [-0.3, -0.25) is 0 Å². The van der Waals surface area contributed by atoms with Crippen LogP contribution in [0.2, 0.25) is 0 Å². The van der Waals surface area contributed by atoms with Crippen LogP contribution in [0.25, 0.3) is 0 Å². The fraction of sp³-hybridized carbons (Fsp3) is 0.538. The number of likely N-dealkylation sites (N-methyl/N-ethyl adjacent to an activating group) is 1. The quantitative estimate of drug-likeness (QED) is 0.740. The minimum atomic E-state index is -0.533. The molecule has 5 heteroatoms. The second kappa shape index (κ2) is 7.04. The highest BCUT2D eigenvalue weighted by Crippen LogP contribution is 2.27. The normalized spacial score (nSPS) is 12.6. The SMILES string of the molecule is CCN(c1c(F)cc(CBr)cc1F)C(C)COC. The van der Waals surface area contributed by atoms with Crippen LogP contribution in [0.5, 0.6) is 0 Å². The van der Waals surface area contributed by atoms with Crippen LogP contribution in [0, 0.1) is 11.6 Å². The Morgan fingerprint density at radius 2 is 1.89 bits per heavy atom. The van der Waals surface area contributed by atoms with E-state index in [1.54, 1.807) is 12.0 Å². The first-order chi connectivity index (χ1) is 8.54. The van der Waals surface area contributed by atoms with Crippen LogP contribution in [0.1, 0.15) is 19.4 Å². The van der Waals surface area contributed by atoms with Crippen molar-refractivity contribution in [1.82, 2.24) is 0 Å². The molecule has 1 unspecified atom stereocenters. The maximum Gasteiger partial charge on any atom is 0.149 e. The lowest BCUT2D eigenvalue weighted by molar-refractivity contribution is 0.181. The molecule has 1 atom stereocenters. The van der Waals surface area contributed by atoms with Gasteiger partial charge in [0.1, 0.15) is 17.3 Å². The van der Waals surface area contributed by atoms with Crippen molar-refractivity contribution in [3.8, 4) is 0 Å². The zero-order chi connectivity index (χ0) is 13.7. The molecule has 2 nitrogen and oxygen atoms in total. The van der Waals surface area contributed by atoms with Gasteiger partial charge in [-0.25, -0.2) is 8.78 Å². The monoisotopic (exact) mass is 321 g/mol. The molecular weight excluding hydrogens is 304 g/mol. The average molecular weight is 322 g/mol. The van der Waals surface area contributed by atoms with E-state index in [0.29, 0.717) is 24.0 Å². The van der Waals surface area contributed by atoms with Crippen LogP contribution < -0.4 is 4.90 Å². The summed E-state index contributed by atoms with van der Waals surface area (Å²) in [6.07, 6.45) is 0. The lowest BCUT2D eigenvalue weighted by Gasteiger charge is -2.30. The molecule has 0 aliphatic rings. The molecule has 0 N–H and O–H groups in total. The first kappa shape index (κ1) is 15.4. The predicted molar refractivity (Wildman–Crippen MR) is 73.3 cm³/mol. The number of hydrogen-bond acceptors (Lipinski definition) is 2. The summed E-state index contributed by atoms with van der Waals surface area (Å²) in [5, 5.41) is 0.431. The number of halogens is 3. The summed E-state index contributed by atoms with van der Waals surface area (Å²) in [5.74, 6) is -1.07. The van der Waals surface area contributed by atoms with Crippen LogP contribution >= 0.6 is 15.9 Å². The lowest BCUT2D eigenvalue weighted by Crippen LogP contribution is -2.37. The molecular formula is C13H18BrF2NO. The van der Waals surface area contributed by atoms with Crippen molar-refractivity contribution in [3.63, 3.8) is 0 Å². The number of rotatable bonds is 6. The lowest BCUT2D eigenvalue weighted by atomic mass is 10.1. The van der Waals surface area contributed by atoms with Gasteiger partial charge in [-0.05, 0) is 31.5 Å².